The van der Waals surface area contributed by atoms with Crippen molar-refractivity contribution >= 4 is 59.5 Å². The first-order valence-electron chi connectivity index (χ1n) is 25.6. The van der Waals surface area contributed by atoms with Crippen LogP contribution in [-0.4, -0.2) is 19.1 Å². The van der Waals surface area contributed by atoms with Crippen molar-refractivity contribution in [2.45, 2.75) is 38.5 Å². The second kappa shape index (κ2) is 18.4. The van der Waals surface area contributed by atoms with Gasteiger partial charge in [-0.1, -0.05) is 169 Å². The molecule has 2 aliphatic heterocycles. The van der Waals surface area contributed by atoms with Gasteiger partial charge in [0.15, 0.2) is 0 Å². The molecule has 0 spiro atoms. The van der Waals surface area contributed by atoms with E-state index in [1.54, 1.807) is 6.20 Å². The zero-order valence-electron chi connectivity index (χ0n) is 42.4. The molecule has 0 saturated heterocycles. The number of para-hydroxylation sites is 4. The van der Waals surface area contributed by atoms with Crippen LogP contribution in [0.2, 0.25) is 0 Å². The van der Waals surface area contributed by atoms with Crippen LogP contribution >= 0.6 is 15.9 Å². The van der Waals surface area contributed by atoms with Gasteiger partial charge < -0.3 is 19.1 Å². The molecule has 4 nitrogen and oxygen atoms in total. The van der Waals surface area contributed by atoms with E-state index in [0.717, 1.165) is 43.7 Å². The Kier molecular flexibility index (Phi) is 11.5. The largest absolute Gasteiger partial charge is 0.309 e. The first-order valence-corrected chi connectivity index (χ1v) is 26.4. The topological polar surface area (TPSA) is 35.6 Å². The van der Waals surface area contributed by atoms with Crippen molar-refractivity contribution < 1.29 is 20.1 Å². The van der Waals surface area contributed by atoms with Gasteiger partial charge in [0.25, 0.3) is 0 Å². The molecule has 1 radical (unpaired) electrons. The van der Waals surface area contributed by atoms with Crippen molar-refractivity contribution in [1.29, 1.82) is 0 Å². The molecule has 0 atom stereocenters. The Balaban J connectivity index is 0.000000346. The van der Waals surface area contributed by atoms with Crippen molar-refractivity contribution in [2.75, 3.05) is 0 Å². The Hall–Kier alpha value is -7.99. The van der Waals surface area contributed by atoms with Gasteiger partial charge >= 0.3 is 0 Å². The van der Waals surface area contributed by atoms with Crippen LogP contribution in [0.25, 0.3) is 111 Å². The van der Waals surface area contributed by atoms with Crippen molar-refractivity contribution in [3.63, 3.8) is 0 Å². The van der Waals surface area contributed by atoms with Gasteiger partial charge in [-0.15, -0.1) is 65.2 Å². The average Bonchev–Trinajstić information content (AvgIpc) is 4.13. The molecule has 0 unspecified atom stereocenters. The Labute approximate surface area is 464 Å². The molecule has 76 heavy (non-hydrogen) atoms. The molecule has 0 amide bonds. The van der Waals surface area contributed by atoms with Gasteiger partial charge in [0.2, 0.25) is 0 Å². The van der Waals surface area contributed by atoms with Crippen molar-refractivity contribution in [3.05, 3.63) is 264 Å². The van der Waals surface area contributed by atoms with E-state index in [2.05, 4.69) is 240 Å². The van der Waals surface area contributed by atoms with E-state index >= 15 is 0 Å². The van der Waals surface area contributed by atoms with Crippen molar-refractivity contribution in [1.82, 2.24) is 19.1 Å². The summed E-state index contributed by atoms with van der Waals surface area (Å²) in [5, 5.41) is 5.24. The molecule has 6 heteroatoms. The first-order chi connectivity index (χ1) is 36.6. The summed E-state index contributed by atoms with van der Waals surface area (Å²) in [6.45, 7) is 9.48. The molecule has 9 aromatic carbocycles. The second-order valence-electron chi connectivity index (χ2n) is 21.0. The minimum absolute atomic E-state index is 0. The first kappa shape index (κ1) is 47.7. The van der Waals surface area contributed by atoms with Crippen LogP contribution in [0.5, 0.6) is 0 Å². The van der Waals surface area contributed by atoms with E-state index in [4.69, 9.17) is 4.98 Å². The fourth-order valence-corrected chi connectivity index (χ4v) is 12.6. The maximum Gasteiger partial charge on any atom is 0.0582 e. The molecule has 6 heterocycles. The van der Waals surface area contributed by atoms with Gasteiger partial charge in [-0.25, -0.2) is 0 Å². The Morgan fingerprint density at radius 1 is 0.382 bits per heavy atom. The smallest absolute Gasteiger partial charge is 0.0582 e. The minimum Gasteiger partial charge on any atom is -0.309 e. The normalized spacial score (nSPS) is 13.4. The average molecular weight is 1220 g/mol. The molecule has 15 rings (SSSR count). The Morgan fingerprint density at radius 2 is 0.868 bits per heavy atom. The Morgan fingerprint density at radius 3 is 1.45 bits per heavy atom. The third kappa shape index (κ3) is 7.57. The number of rotatable bonds is 5. The third-order valence-electron chi connectivity index (χ3n) is 16.0. The number of nitrogens with zero attached hydrogens (tertiary/aromatic N) is 4. The van der Waals surface area contributed by atoms with E-state index in [0.29, 0.717) is 0 Å². The van der Waals surface area contributed by atoms with Crippen LogP contribution in [-0.2, 0) is 30.9 Å². The van der Waals surface area contributed by atoms with Crippen LogP contribution in [0, 0.1) is 12.1 Å². The number of benzene rings is 9. The fourth-order valence-electron chi connectivity index (χ4n) is 12.2. The van der Waals surface area contributed by atoms with Crippen molar-refractivity contribution in [3.8, 4) is 67.3 Å². The summed E-state index contributed by atoms with van der Waals surface area (Å²) in [6.07, 6.45) is 3.71. The standard InChI is InChI=1S/C59H42N3.C11H7BrN.Ir/c1-58(2)47-21-11-19-45-43-17-5-7-23-52(43)61(56(45)47)54-27-25-39(33-49(54)58)36-13-9-14-37(31-36)41-29-30-60-51(35-41)42-16-10-15-38(32-42)40-26-28-55-50(34-40)59(3,4)48-22-12-20-46-44-18-6-8-24-53(44)62(55)57(46)48;12-10-5-3-4-9(8-10)11-6-1-2-7-13-11;/h5-15,17-35H,1-4H3;1-3,5-8H;/q2*-1;. The van der Waals surface area contributed by atoms with Crippen LogP contribution in [0.3, 0.4) is 0 Å². The van der Waals surface area contributed by atoms with E-state index < -0.39 is 0 Å². The fraction of sp³-hybridized carbons (Fsp3) is 0.0857. The second-order valence-corrected chi connectivity index (χ2v) is 21.9. The summed E-state index contributed by atoms with van der Waals surface area (Å²) in [4.78, 5) is 9.13. The summed E-state index contributed by atoms with van der Waals surface area (Å²) >= 11 is 3.41. The minimum atomic E-state index is -0.172. The molecule has 4 aromatic heterocycles. The number of halogens is 1. The molecule has 0 bridgehead atoms. The summed E-state index contributed by atoms with van der Waals surface area (Å²) in [7, 11) is 0. The predicted octanol–water partition coefficient (Wildman–Crippen LogP) is 18.3. The molecule has 0 aliphatic carbocycles. The van der Waals surface area contributed by atoms with Gasteiger partial charge in [0, 0.05) is 64.9 Å². The molecule has 13 aromatic rings. The zero-order chi connectivity index (χ0) is 50.6. The van der Waals surface area contributed by atoms with E-state index in [9.17, 15) is 0 Å². The summed E-state index contributed by atoms with van der Waals surface area (Å²) in [5.41, 5.74) is 23.6. The SMILES string of the molecule is Brc1cc[c-]c(-c2ccccn2)c1.CC1(C)c2cc(-c3cc[c-]c(-c4cc(-c5cccc(-c6ccc7c(c6)C(C)(C)c6cccc8c9ccccc9n-7c68)c5)ccn4)c3)ccc2-n2c3ccccc3c3cccc1c32.[Ir]. The maximum atomic E-state index is 4.89. The van der Waals surface area contributed by atoms with Crippen LogP contribution in [0.1, 0.15) is 49.9 Å². The molecule has 367 valence electrons. The molecule has 0 saturated carbocycles. The monoisotopic (exact) mass is 1220 g/mol. The molecule has 2 aliphatic rings. The number of hydrogen-bond donors (Lipinski definition) is 0. The summed E-state index contributed by atoms with van der Waals surface area (Å²) in [5.74, 6) is 0. The number of hydrogen-bond acceptors (Lipinski definition) is 2. The molecular formula is C70H49BrIrN4-2. The summed E-state index contributed by atoms with van der Waals surface area (Å²) in [6, 6.07) is 83.3. The van der Waals surface area contributed by atoms with Crippen LogP contribution in [0.4, 0.5) is 0 Å². The van der Waals surface area contributed by atoms with Gasteiger partial charge in [-0.05, 0) is 116 Å². The van der Waals surface area contributed by atoms with Gasteiger partial charge in [0.05, 0.1) is 33.4 Å². The zero-order valence-corrected chi connectivity index (χ0v) is 46.3. The van der Waals surface area contributed by atoms with Crippen molar-refractivity contribution in [2.24, 2.45) is 0 Å². The Bertz CT molecular complexity index is 4210. The number of fused-ring (bicyclic) bond motifs is 10. The van der Waals surface area contributed by atoms with E-state index in [1.165, 1.54) is 93.9 Å². The summed E-state index contributed by atoms with van der Waals surface area (Å²) < 4.78 is 6.01. The van der Waals surface area contributed by atoms with E-state index in [1.807, 2.05) is 48.7 Å². The number of aromatic nitrogens is 4. The van der Waals surface area contributed by atoms with Gasteiger partial charge in [0.1, 0.15) is 0 Å². The maximum absolute atomic E-state index is 4.89. The van der Waals surface area contributed by atoms with Crippen LogP contribution in [0.15, 0.2) is 229 Å². The molecule has 0 N–H and O–H groups in total. The molecular weight excluding hydrogens is 1170 g/mol. The third-order valence-corrected chi connectivity index (χ3v) is 16.5. The van der Waals surface area contributed by atoms with Crippen LogP contribution < -0.4 is 0 Å². The predicted molar refractivity (Wildman–Crippen MR) is 314 cm³/mol. The van der Waals surface area contributed by atoms with E-state index in [-0.39, 0.29) is 30.9 Å². The quantitative estimate of drug-likeness (QED) is 0.161. The van der Waals surface area contributed by atoms with Gasteiger partial charge in [-0.2, -0.15) is 0 Å². The number of pyridine rings is 2. The van der Waals surface area contributed by atoms with Gasteiger partial charge in [-0.3, -0.25) is 0 Å². The molecule has 0 fully saturated rings.